The van der Waals surface area contributed by atoms with Crippen molar-refractivity contribution in [3.05, 3.63) is 24.3 Å². The molecular formula is C18H27N5O3. The summed E-state index contributed by atoms with van der Waals surface area (Å²) in [5.41, 5.74) is 0.835. The van der Waals surface area contributed by atoms with Gasteiger partial charge in [-0.2, -0.15) is 0 Å². The number of aliphatic hydroxyl groups is 1. The van der Waals surface area contributed by atoms with E-state index in [1.807, 2.05) is 0 Å². The van der Waals surface area contributed by atoms with Crippen molar-refractivity contribution in [1.29, 1.82) is 0 Å². The summed E-state index contributed by atoms with van der Waals surface area (Å²) in [5.74, 6) is 0.0254. The van der Waals surface area contributed by atoms with Crippen LogP contribution in [0.1, 0.15) is 18.5 Å². The lowest BCUT2D eigenvalue weighted by Crippen LogP contribution is -2.47. The van der Waals surface area contributed by atoms with Gasteiger partial charge in [0.05, 0.1) is 11.8 Å². The fourth-order valence-corrected chi connectivity index (χ4v) is 3.80. The topological polar surface area (TPSA) is 89.9 Å². The Morgan fingerprint density at radius 3 is 2.54 bits per heavy atom. The van der Waals surface area contributed by atoms with Crippen LogP contribution in [0.4, 0.5) is 4.79 Å². The maximum absolute atomic E-state index is 12.8. The Kier molecular flexibility index (Phi) is 5.70. The van der Waals surface area contributed by atoms with Gasteiger partial charge in [0.25, 0.3) is 0 Å². The van der Waals surface area contributed by atoms with E-state index in [4.69, 9.17) is 0 Å². The van der Waals surface area contributed by atoms with Gasteiger partial charge in [-0.25, -0.2) is 4.79 Å². The van der Waals surface area contributed by atoms with E-state index in [-0.39, 0.29) is 23.8 Å². The number of aliphatic hydroxyl groups excluding tert-OH is 1. The van der Waals surface area contributed by atoms with Crippen molar-refractivity contribution >= 4 is 11.9 Å². The van der Waals surface area contributed by atoms with Crippen molar-refractivity contribution in [3.63, 3.8) is 0 Å². The van der Waals surface area contributed by atoms with Crippen LogP contribution in [0.25, 0.3) is 0 Å². The molecule has 142 valence electrons. The van der Waals surface area contributed by atoms with Gasteiger partial charge < -0.3 is 19.8 Å². The Morgan fingerprint density at radius 2 is 1.92 bits per heavy atom. The SMILES string of the molecule is CN(C)C(=O)N1CCC(C(=O)N2C[C@@H](Cc3cnccn3)[C@H](O)C2)CC1. The lowest BCUT2D eigenvalue weighted by Gasteiger charge is -2.34. The molecule has 1 aromatic rings. The number of carbonyl (C=O) groups excluding carboxylic acids is 2. The van der Waals surface area contributed by atoms with Crippen LogP contribution in [0.2, 0.25) is 0 Å². The van der Waals surface area contributed by atoms with E-state index in [1.54, 1.807) is 47.4 Å². The number of nitrogens with zero attached hydrogens (tertiary/aromatic N) is 5. The van der Waals surface area contributed by atoms with Crippen molar-refractivity contribution in [2.45, 2.75) is 25.4 Å². The monoisotopic (exact) mass is 361 g/mol. The van der Waals surface area contributed by atoms with E-state index in [0.29, 0.717) is 45.4 Å². The first-order valence-electron chi connectivity index (χ1n) is 9.13. The molecule has 3 heterocycles. The van der Waals surface area contributed by atoms with Gasteiger partial charge >= 0.3 is 6.03 Å². The molecule has 0 unspecified atom stereocenters. The van der Waals surface area contributed by atoms with E-state index < -0.39 is 6.10 Å². The summed E-state index contributed by atoms with van der Waals surface area (Å²) in [6.07, 6.45) is 6.42. The third-order valence-electron chi connectivity index (χ3n) is 5.30. The number of piperidine rings is 1. The van der Waals surface area contributed by atoms with E-state index in [1.165, 1.54) is 0 Å². The first kappa shape index (κ1) is 18.6. The molecule has 2 aliphatic rings. The van der Waals surface area contributed by atoms with Crippen molar-refractivity contribution < 1.29 is 14.7 Å². The predicted molar refractivity (Wildman–Crippen MR) is 95.2 cm³/mol. The first-order chi connectivity index (χ1) is 12.5. The van der Waals surface area contributed by atoms with Crippen molar-refractivity contribution in [2.24, 2.45) is 11.8 Å². The molecule has 26 heavy (non-hydrogen) atoms. The first-order valence-corrected chi connectivity index (χ1v) is 9.13. The van der Waals surface area contributed by atoms with Gasteiger partial charge in [0.1, 0.15) is 0 Å². The Labute approximate surface area is 153 Å². The second-order valence-corrected chi connectivity index (χ2v) is 7.41. The normalized spacial score (nSPS) is 24.0. The molecule has 0 bridgehead atoms. The van der Waals surface area contributed by atoms with Gasteiger partial charge in [-0.15, -0.1) is 0 Å². The zero-order valence-corrected chi connectivity index (χ0v) is 15.4. The summed E-state index contributed by atoms with van der Waals surface area (Å²) < 4.78 is 0. The predicted octanol–water partition coefficient (Wildman–Crippen LogP) is 0.232. The van der Waals surface area contributed by atoms with Gasteiger partial charge in [0.15, 0.2) is 0 Å². The molecule has 3 rings (SSSR count). The quantitative estimate of drug-likeness (QED) is 0.833. The average molecular weight is 361 g/mol. The zero-order valence-electron chi connectivity index (χ0n) is 15.4. The van der Waals surface area contributed by atoms with Crippen LogP contribution in [0.15, 0.2) is 18.6 Å². The minimum Gasteiger partial charge on any atom is -0.391 e. The molecule has 1 N–H and O–H groups in total. The number of hydrogen-bond acceptors (Lipinski definition) is 5. The Hall–Kier alpha value is -2.22. The standard InChI is InChI=1S/C18H27N5O3/c1-21(2)18(26)22-7-3-13(4-8-22)17(25)23-11-14(16(24)12-23)9-15-10-19-5-6-20-15/h5-6,10,13-14,16,24H,3-4,7-9,11-12H2,1-2H3/t14-,16-/m1/s1. The van der Waals surface area contributed by atoms with Crippen LogP contribution in [0, 0.1) is 11.8 Å². The smallest absolute Gasteiger partial charge is 0.319 e. The highest BCUT2D eigenvalue weighted by atomic mass is 16.3. The summed E-state index contributed by atoms with van der Waals surface area (Å²) in [6, 6.07) is -0.00321. The highest BCUT2D eigenvalue weighted by Crippen LogP contribution is 2.26. The van der Waals surface area contributed by atoms with Gasteiger partial charge in [-0.05, 0) is 19.3 Å². The Bertz CT molecular complexity index is 631. The zero-order chi connectivity index (χ0) is 18.7. The Morgan fingerprint density at radius 1 is 1.19 bits per heavy atom. The highest BCUT2D eigenvalue weighted by Gasteiger charge is 2.38. The van der Waals surface area contributed by atoms with Crippen molar-refractivity contribution in [2.75, 3.05) is 40.3 Å². The van der Waals surface area contributed by atoms with Crippen molar-refractivity contribution in [3.8, 4) is 0 Å². The number of aromatic nitrogens is 2. The van der Waals surface area contributed by atoms with E-state index in [9.17, 15) is 14.7 Å². The molecule has 8 heteroatoms. The van der Waals surface area contributed by atoms with E-state index >= 15 is 0 Å². The molecule has 0 aliphatic carbocycles. The van der Waals surface area contributed by atoms with Crippen LogP contribution in [-0.4, -0.2) is 88.1 Å². The molecule has 8 nitrogen and oxygen atoms in total. The number of β-amino-alcohol motifs (C(OH)–C–C–N with tert-alkyl or cyclic N) is 1. The summed E-state index contributed by atoms with van der Waals surface area (Å²) in [4.78, 5) is 38.3. The third-order valence-corrected chi connectivity index (χ3v) is 5.30. The Balaban J connectivity index is 1.52. The lowest BCUT2D eigenvalue weighted by atomic mass is 9.95. The molecule has 1 aromatic heterocycles. The van der Waals surface area contributed by atoms with Gasteiger partial charge in [0, 0.05) is 70.7 Å². The van der Waals surface area contributed by atoms with Gasteiger partial charge in [-0.1, -0.05) is 0 Å². The second kappa shape index (κ2) is 7.99. The van der Waals surface area contributed by atoms with Crippen LogP contribution < -0.4 is 0 Å². The van der Waals surface area contributed by atoms with Crippen LogP contribution in [0.3, 0.4) is 0 Å². The number of carbonyl (C=O) groups is 2. The number of rotatable bonds is 3. The molecule has 2 atom stereocenters. The minimum absolute atomic E-state index is 0.00321. The summed E-state index contributed by atoms with van der Waals surface area (Å²) in [6.45, 7) is 2.13. The van der Waals surface area contributed by atoms with E-state index in [2.05, 4.69) is 9.97 Å². The van der Waals surface area contributed by atoms with Crippen LogP contribution >= 0.6 is 0 Å². The molecule has 2 saturated heterocycles. The number of amides is 3. The lowest BCUT2D eigenvalue weighted by molar-refractivity contribution is -0.136. The fourth-order valence-electron chi connectivity index (χ4n) is 3.80. The second-order valence-electron chi connectivity index (χ2n) is 7.41. The molecular weight excluding hydrogens is 334 g/mol. The number of likely N-dealkylation sites (tertiary alicyclic amines) is 2. The van der Waals surface area contributed by atoms with Crippen LogP contribution in [-0.2, 0) is 11.2 Å². The molecule has 0 saturated carbocycles. The molecule has 0 aromatic carbocycles. The fraction of sp³-hybridized carbons (Fsp3) is 0.667. The number of urea groups is 1. The van der Waals surface area contributed by atoms with Gasteiger partial charge in [-0.3, -0.25) is 14.8 Å². The summed E-state index contributed by atoms with van der Waals surface area (Å²) in [5, 5.41) is 10.3. The largest absolute Gasteiger partial charge is 0.391 e. The number of hydrogen-bond donors (Lipinski definition) is 1. The third kappa shape index (κ3) is 4.12. The molecule has 0 radical (unpaired) electrons. The molecule has 2 aliphatic heterocycles. The average Bonchev–Trinajstić information content (AvgIpc) is 3.02. The summed E-state index contributed by atoms with van der Waals surface area (Å²) in [7, 11) is 3.48. The molecule has 3 amide bonds. The summed E-state index contributed by atoms with van der Waals surface area (Å²) >= 11 is 0. The minimum atomic E-state index is -0.531. The van der Waals surface area contributed by atoms with Gasteiger partial charge in [0.2, 0.25) is 5.91 Å². The highest BCUT2D eigenvalue weighted by molar-refractivity contribution is 5.80. The van der Waals surface area contributed by atoms with Crippen LogP contribution in [0.5, 0.6) is 0 Å². The maximum Gasteiger partial charge on any atom is 0.319 e. The maximum atomic E-state index is 12.8. The van der Waals surface area contributed by atoms with Crippen molar-refractivity contribution in [1.82, 2.24) is 24.7 Å². The molecule has 0 spiro atoms. The molecule has 2 fully saturated rings. The van der Waals surface area contributed by atoms with E-state index in [0.717, 1.165) is 5.69 Å².